The molecule has 4 heteroatoms. The van der Waals surface area contributed by atoms with Gasteiger partial charge in [0.1, 0.15) is 5.75 Å². The Labute approximate surface area is 182 Å². The fraction of sp³-hybridized carbons (Fsp3) is 0.654. The molecule has 0 radical (unpaired) electrons. The number of aromatic nitrogens is 1. The average Bonchev–Trinajstić information content (AvgIpc) is 3.09. The van der Waals surface area contributed by atoms with E-state index in [1.165, 1.54) is 70.6 Å². The monoisotopic (exact) mass is 414 g/mol. The maximum Gasteiger partial charge on any atom is 0.231 e. The first-order chi connectivity index (χ1) is 14.7. The molecule has 0 atom stereocenters. The predicted octanol–water partition coefficient (Wildman–Crippen LogP) is 6.97. The van der Waals surface area contributed by atoms with E-state index >= 15 is 0 Å². The van der Waals surface area contributed by atoms with Crippen LogP contribution in [-0.4, -0.2) is 22.1 Å². The minimum atomic E-state index is 0.136. The fourth-order valence-electron chi connectivity index (χ4n) is 4.26. The Bertz CT molecular complexity index is 751. The summed E-state index contributed by atoms with van der Waals surface area (Å²) >= 11 is 0. The van der Waals surface area contributed by atoms with E-state index < -0.39 is 0 Å². The summed E-state index contributed by atoms with van der Waals surface area (Å²) < 4.78 is 1.75. The molecule has 168 valence electrons. The lowest BCUT2D eigenvalue weighted by Gasteiger charge is -2.05. The summed E-state index contributed by atoms with van der Waals surface area (Å²) in [7, 11) is 0. The van der Waals surface area contributed by atoms with Gasteiger partial charge in [-0.2, -0.15) is 0 Å². The number of aromatic hydroxyl groups is 1. The lowest BCUT2D eigenvalue weighted by molar-refractivity contribution is 0.0904. The molecular formula is C26H42N2O2. The Hall–Kier alpha value is -1.81. The van der Waals surface area contributed by atoms with Gasteiger partial charge in [0.2, 0.25) is 5.91 Å². The van der Waals surface area contributed by atoms with Crippen LogP contribution in [0.4, 0.5) is 0 Å². The molecule has 0 unspecified atom stereocenters. The number of fused-ring (bicyclic) bond motifs is 1. The Morgan fingerprint density at radius 3 is 2.03 bits per heavy atom. The number of hydrogen-bond acceptors (Lipinski definition) is 3. The van der Waals surface area contributed by atoms with Crippen LogP contribution in [0.1, 0.15) is 107 Å². The van der Waals surface area contributed by atoms with E-state index in [1.54, 1.807) is 16.7 Å². The van der Waals surface area contributed by atoms with Gasteiger partial charge in [0.25, 0.3) is 0 Å². The number of hydrogen-bond donors (Lipinski definition) is 2. The van der Waals surface area contributed by atoms with Crippen LogP contribution in [-0.2, 0) is 6.42 Å². The summed E-state index contributed by atoms with van der Waals surface area (Å²) in [5.41, 5.74) is 7.61. The van der Waals surface area contributed by atoms with E-state index in [0.717, 1.165) is 29.3 Å². The molecule has 1 aromatic heterocycles. The first kappa shape index (κ1) is 24.5. The largest absolute Gasteiger partial charge is 0.508 e. The van der Waals surface area contributed by atoms with Gasteiger partial charge in [-0.15, -0.1) is 0 Å². The number of benzene rings is 1. The first-order valence-corrected chi connectivity index (χ1v) is 12.2. The Morgan fingerprint density at radius 2 is 1.47 bits per heavy atom. The van der Waals surface area contributed by atoms with Gasteiger partial charge in [0, 0.05) is 18.0 Å². The lowest BCUT2D eigenvalue weighted by atomic mass is 10.0. The van der Waals surface area contributed by atoms with E-state index in [9.17, 15) is 9.90 Å². The van der Waals surface area contributed by atoms with Gasteiger partial charge in [0.15, 0.2) is 0 Å². The minimum absolute atomic E-state index is 0.136. The fourth-order valence-corrected chi connectivity index (χ4v) is 4.26. The van der Waals surface area contributed by atoms with E-state index in [1.807, 2.05) is 12.3 Å². The van der Waals surface area contributed by atoms with Crippen molar-refractivity contribution in [2.24, 2.45) is 5.73 Å². The number of carbonyl (C=O) groups is 1. The second kappa shape index (κ2) is 14.2. The third-order valence-electron chi connectivity index (χ3n) is 6.05. The van der Waals surface area contributed by atoms with Gasteiger partial charge < -0.3 is 10.8 Å². The Morgan fingerprint density at radius 1 is 0.900 bits per heavy atom. The molecule has 2 rings (SSSR count). The molecule has 0 amide bonds. The predicted molar refractivity (Wildman–Crippen MR) is 127 cm³/mol. The second-order valence-corrected chi connectivity index (χ2v) is 8.65. The van der Waals surface area contributed by atoms with Gasteiger partial charge in [-0.1, -0.05) is 84.0 Å². The van der Waals surface area contributed by atoms with Crippen LogP contribution in [0.15, 0.2) is 24.4 Å². The highest BCUT2D eigenvalue weighted by Crippen LogP contribution is 2.26. The standard InChI is InChI=1S/C26H42N2O2/c1-2-3-4-5-6-7-8-9-10-11-12-13-14-15-26(30)28-21-22(18-19-27)24-20-23(29)16-17-25(24)28/h16-17,20-21,29H,2-15,18-19,27H2,1H3. The first-order valence-electron chi connectivity index (χ1n) is 12.2. The van der Waals surface area contributed by atoms with Crippen LogP contribution in [0, 0.1) is 0 Å². The summed E-state index contributed by atoms with van der Waals surface area (Å²) in [6, 6.07) is 5.20. The van der Waals surface area contributed by atoms with Gasteiger partial charge in [-0.3, -0.25) is 9.36 Å². The van der Waals surface area contributed by atoms with Crippen molar-refractivity contribution in [3.05, 3.63) is 30.0 Å². The van der Waals surface area contributed by atoms with Crippen molar-refractivity contribution >= 4 is 16.8 Å². The molecule has 0 aliphatic rings. The van der Waals surface area contributed by atoms with E-state index in [-0.39, 0.29) is 11.7 Å². The summed E-state index contributed by atoms with van der Waals surface area (Å²) in [5, 5.41) is 10.7. The summed E-state index contributed by atoms with van der Waals surface area (Å²) in [5.74, 6) is 0.361. The van der Waals surface area contributed by atoms with Gasteiger partial charge in [0.05, 0.1) is 5.52 Å². The molecule has 0 saturated heterocycles. The average molecular weight is 415 g/mol. The van der Waals surface area contributed by atoms with Crippen molar-refractivity contribution in [1.29, 1.82) is 0 Å². The molecule has 0 spiro atoms. The van der Waals surface area contributed by atoms with Gasteiger partial charge in [-0.05, 0) is 43.1 Å². The van der Waals surface area contributed by atoms with E-state index in [4.69, 9.17) is 5.73 Å². The molecule has 0 bridgehead atoms. The molecule has 4 nitrogen and oxygen atoms in total. The van der Waals surface area contributed by atoms with E-state index in [0.29, 0.717) is 19.4 Å². The summed E-state index contributed by atoms with van der Waals surface area (Å²) in [4.78, 5) is 12.7. The molecule has 0 saturated carbocycles. The zero-order valence-corrected chi connectivity index (χ0v) is 19.0. The molecule has 30 heavy (non-hydrogen) atoms. The topological polar surface area (TPSA) is 68.2 Å². The number of nitrogens with zero attached hydrogens (tertiary/aromatic N) is 1. The molecule has 1 heterocycles. The molecule has 0 aliphatic carbocycles. The number of nitrogens with two attached hydrogens (primary N) is 1. The molecule has 3 N–H and O–H groups in total. The van der Waals surface area contributed by atoms with Gasteiger partial charge >= 0.3 is 0 Å². The van der Waals surface area contributed by atoms with Crippen LogP contribution in [0.3, 0.4) is 0 Å². The van der Waals surface area contributed by atoms with Crippen molar-refractivity contribution in [2.45, 2.75) is 103 Å². The zero-order chi connectivity index (χ0) is 21.6. The Balaban J connectivity index is 1.61. The third kappa shape index (κ3) is 8.14. The minimum Gasteiger partial charge on any atom is -0.508 e. The van der Waals surface area contributed by atoms with E-state index in [2.05, 4.69) is 6.92 Å². The number of phenolic OH excluding ortho intramolecular Hbond substituents is 1. The molecular weight excluding hydrogens is 372 g/mol. The highest BCUT2D eigenvalue weighted by Gasteiger charge is 2.13. The van der Waals surface area contributed by atoms with Gasteiger partial charge in [-0.25, -0.2) is 0 Å². The molecule has 0 fully saturated rings. The second-order valence-electron chi connectivity index (χ2n) is 8.65. The number of unbranched alkanes of at least 4 members (excludes halogenated alkanes) is 12. The SMILES string of the molecule is CCCCCCCCCCCCCCCC(=O)n1cc(CCN)c2cc(O)ccc21. The summed E-state index contributed by atoms with van der Waals surface area (Å²) in [6.45, 7) is 2.80. The van der Waals surface area contributed by atoms with Crippen LogP contribution in [0.2, 0.25) is 0 Å². The Kier molecular flexibility index (Phi) is 11.6. The number of carbonyl (C=O) groups excluding carboxylic acids is 1. The maximum absolute atomic E-state index is 12.7. The zero-order valence-electron chi connectivity index (χ0n) is 19.0. The summed E-state index contributed by atoms with van der Waals surface area (Å²) in [6.07, 6.45) is 20.2. The van der Waals surface area contributed by atoms with Crippen molar-refractivity contribution in [1.82, 2.24) is 4.57 Å². The number of phenols is 1. The highest BCUT2D eigenvalue weighted by molar-refractivity contribution is 5.95. The molecule has 0 aliphatic heterocycles. The third-order valence-corrected chi connectivity index (χ3v) is 6.05. The van der Waals surface area contributed by atoms with Crippen LogP contribution in [0.5, 0.6) is 5.75 Å². The van der Waals surface area contributed by atoms with Crippen LogP contribution in [0.25, 0.3) is 10.9 Å². The van der Waals surface area contributed by atoms with Crippen molar-refractivity contribution < 1.29 is 9.90 Å². The van der Waals surface area contributed by atoms with Crippen molar-refractivity contribution in [3.63, 3.8) is 0 Å². The lowest BCUT2D eigenvalue weighted by Crippen LogP contribution is -2.09. The number of rotatable bonds is 16. The molecule has 2 aromatic rings. The normalized spacial score (nSPS) is 11.4. The highest BCUT2D eigenvalue weighted by atomic mass is 16.3. The van der Waals surface area contributed by atoms with Crippen LogP contribution < -0.4 is 5.73 Å². The van der Waals surface area contributed by atoms with Crippen LogP contribution >= 0.6 is 0 Å². The van der Waals surface area contributed by atoms with Crippen molar-refractivity contribution in [3.8, 4) is 5.75 Å². The van der Waals surface area contributed by atoms with Crippen molar-refractivity contribution in [2.75, 3.05) is 6.54 Å². The quantitative estimate of drug-likeness (QED) is 0.291. The molecule has 1 aromatic carbocycles. The maximum atomic E-state index is 12.7. The smallest absolute Gasteiger partial charge is 0.231 e.